The average molecular weight is 340 g/mol. The first-order valence-corrected chi connectivity index (χ1v) is 6.65. The van der Waals surface area contributed by atoms with Crippen molar-refractivity contribution in [1.82, 2.24) is 0 Å². The van der Waals surface area contributed by atoms with Crippen LogP contribution in [0.1, 0.15) is 11.1 Å². The van der Waals surface area contributed by atoms with Crippen molar-refractivity contribution in [2.45, 2.75) is 6.54 Å². The Morgan fingerprint density at radius 1 is 1.32 bits per heavy atom. The van der Waals surface area contributed by atoms with E-state index in [0.717, 1.165) is 10.0 Å². The average Bonchev–Trinajstić information content (AvgIpc) is 2.40. The number of nitrogens with one attached hydrogen (secondary N) is 1. The number of hydrogen-bond acceptors (Lipinski definition) is 2. The van der Waals surface area contributed by atoms with E-state index in [2.05, 4.69) is 21.2 Å². The first-order chi connectivity index (χ1) is 9.11. The molecule has 1 N–H and O–H groups in total. The summed E-state index contributed by atoms with van der Waals surface area (Å²) in [7, 11) is 0. The molecule has 0 saturated heterocycles. The summed E-state index contributed by atoms with van der Waals surface area (Å²) in [5, 5.41) is 12.6. The summed E-state index contributed by atoms with van der Waals surface area (Å²) in [4.78, 5) is 0. The highest BCUT2D eigenvalue weighted by Crippen LogP contribution is 2.24. The number of hydrogen-bond donors (Lipinski definition) is 1. The number of rotatable bonds is 3. The van der Waals surface area contributed by atoms with Gasteiger partial charge in [-0.3, -0.25) is 0 Å². The molecule has 2 nitrogen and oxygen atoms in total. The Bertz CT molecular complexity index is 652. The van der Waals surface area contributed by atoms with Crippen molar-refractivity contribution >= 4 is 33.2 Å². The quantitative estimate of drug-likeness (QED) is 0.878. The maximum atomic E-state index is 13.4. The Hall–Kier alpha value is -1.57. The SMILES string of the molecule is N#Cc1c(F)cccc1NCc1ccc(Cl)c(Br)c1. The Kier molecular flexibility index (Phi) is 4.41. The second-order valence-electron chi connectivity index (χ2n) is 3.88. The highest BCUT2D eigenvalue weighted by Gasteiger charge is 2.07. The molecule has 0 saturated carbocycles. The van der Waals surface area contributed by atoms with E-state index in [1.54, 1.807) is 18.2 Å². The maximum Gasteiger partial charge on any atom is 0.143 e. The predicted octanol–water partition coefficient (Wildman–Crippen LogP) is 4.73. The van der Waals surface area contributed by atoms with Gasteiger partial charge >= 0.3 is 0 Å². The van der Waals surface area contributed by atoms with Crippen molar-refractivity contribution in [3.05, 3.63) is 62.8 Å². The van der Waals surface area contributed by atoms with E-state index in [1.165, 1.54) is 6.07 Å². The van der Waals surface area contributed by atoms with Gasteiger partial charge in [-0.15, -0.1) is 0 Å². The lowest BCUT2D eigenvalue weighted by molar-refractivity contribution is 0.624. The second kappa shape index (κ2) is 6.05. The van der Waals surface area contributed by atoms with E-state index < -0.39 is 5.82 Å². The van der Waals surface area contributed by atoms with Gasteiger partial charge in [0, 0.05) is 11.0 Å². The third-order valence-electron chi connectivity index (χ3n) is 2.59. The summed E-state index contributed by atoms with van der Waals surface area (Å²) in [6, 6.07) is 11.9. The second-order valence-corrected chi connectivity index (χ2v) is 5.14. The number of benzene rings is 2. The first-order valence-electron chi connectivity index (χ1n) is 5.48. The topological polar surface area (TPSA) is 35.8 Å². The summed E-state index contributed by atoms with van der Waals surface area (Å²) in [5.74, 6) is -0.523. The smallest absolute Gasteiger partial charge is 0.143 e. The fourth-order valence-electron chi connectivity index (χ4n) is 1.63. The van der Waals surface area contributed by atoms with Crippen molar-refractivity contribution in [2.24, 2.45) is 0 Å². The lowest BCUT2D eigenvalue weighted by Crippen LogP contribution is -2.02. The Morgan fingerprint density at radius 2 is 2.11 bits per heavy atom. The van der Waals surface area contributed by atoms with Crippen molar-refractivity contribution in [1.29, 1.82) is 5.26 Å². The largest absolute Gasteiger partial charge is 0.380 e. The van der Waals surface area contributed by atoms with Crippen LogP contribution in [0.3, 0.4) is 0 Å². The van der Waals surface area contributed by atoms with Crippen LogP contribution in [0.15, 0.2) is 40.9 Å². The summed E-state index contributed by atoms with van der Waals surface area (Å²) >= 11 is 9.25. The van der Waals surface area contributed by atoms with Gasteiger partial charge in [0.15, 0.2) is 0 Å². The van der Waals surface area contributed by atoms with E-state index in [-0.39, 0.29) is 5.56 Å². The third-order valence-corrected chi connectivity index (χ3v) is 3.81. The van der Waals surface area contributed by atoms with E-state index in [9.17, 15) is 4.39 Å². The van der Waals surface area contributed by atoms with Crippen LogP contribution in [0.5, 0.6) is 0 Å². The molecule has 0 heterocycles. The minimum Gasteiger partial charge on any atom is -0.380 e. The van der Waals surface area contributed by atoms with Gasteiger partial charge in [-0.05, 0) is 45.8 Å². The van der Waals surface area contributed by atoms with E-state index in [4.69, 9.17) is 16.9 Å². The third kappa shape index (κ3) is 3.25. The van der Waals surface area contributed by atoms with Gasteiger partial charge in [-0.25, -0.2) is 4.39 Å². The lowest BCUT2D eigenvalue weighted by Gasteiger charge is -2.09. The van der Waals surface area contributed by atoms with Crippen LogP contribution in [-0.4, -0.2) is 0 Å². The standard InChI is InChI=1S/C14H9BrClFN2/c15-11-6-9(4-5-12(11)16)8-19-14-3-1-2-13(17)10(14)7-18/h1-6,19H,8H2. The molecule has 2 aromatic rings. The summed E-state index contributed by atoms with van der Waals surface area (Å²) in [6.45, 7) is 0.480. The zero-order valence-corrected chi connectivity index (χ0v) is 12.1. The van der Waals surface area contributed by atoms with Crippen LogP contribution in [0.2, 0.25) is 5.02 Å². The van der Waals surface area contributed by atoms with Gasteiger partial charge in [-0.1, -0.05) is 23.7 Å². The normalized spacial score (nSPS) is 10.0. The summed E-state index contributed by atoms with van der Waals surface area (Å²) < 4.78 is 14.2. The monoisotopic (exact) mass is 338 g/mol. The number of nitriles is 1. The van der Waals surface area contributed by atoms with Gasteiger partial charge in [0.1, 0.15) is 17.4 Å². The van der Waals surface area contributed by atoms with Gasteiger partial charge in [0.2, 0.25) is 0 Å². The molecule has 96 valence electrons. The van der Waals surface area contributed by atoms with Crippen molar-refractivity contribution in [2.75, 3.05) is 5.32 Å². The first kappa shape index (κ1) is 13.9. The van der Waals surface area contributed by atoms with Crippen LogP contribution in [0, 0.1) is 17.1 Å². The molecule has 0 amide bonds. The minimum absolute atomic E-state index is 0.0236. The maximum absolute atomic E-state index is 13.4. The minimum atomic E-state index is -0.523. The number of nitrogens with zero attached hydrogens (tertiary/aromatic N) is 1. The fraction of sp³-hybridized carbons (Fsp3) is 0.0714. The number of halogens is 3. The van der Waals surface area contributed by atoms with Crippen molar-refractivity contribution in [3.63, 3.8) is 0 Å². The highest BCUT2D eigenvalue weighted by atomic mass is 79.9. The highest BCUT2D eigenvalue weighted by molar-refractivity contribution is 9.10. The molecule has 5 heteroatoms. The van der Waals surface area contributed by atoms with E-state index in [1.807, 2.05) is 18.2 Å². The van der Waals surface area contributed by atoms with Crippen molar-refractivity contribution in [3.8, 4) is 6.07 Å². The fourth-order valence-corrected chi connectivity index (χ4v) is 2.18. The van der Waals surface area contributed by atoms with E-state index >= 15 is 0 Å². The Balaban J connectivity index is 2.17. The van der Waals surface area contributed by atoms with E-state index in [0.29, 0.717) is 17.3 Å². The summed E-state index contributed by atoms with van der Waals surface area (Å²) in [5.41, 5.74) is 1.48. The van der Waals surface area contributed by atoms with Crippen LogP contribution in [0.4, 0.5) is 10.1 Å². The van der Waals surface area contributed by atoms with Crippen LogP contribution < -0.4 is 5.32 Å². The molecule has 0 aliphatic carbocycles. The molecule has 0 aromatic heterocycles. The molecule has 2 aromatic carbocycles. The Labute approximate surface area is 123 Å². The zero-order valence-electron chi connectivity index (χ0n) is 9.75. The lowest BCUT2D eigenvalue weighted by atomic mass is 10.1. The van der Waals surface area contributed by atoms with Crippen LogP contribution in [0.25, 0.3) is 0 Å². The Morgan fingerprint density at radius 3 is 2.79 bits per heavy atom. The molecule has 0 spiro atoms. The number of anilines is 1. The van der Waals surface area contributed by atoms with Gasteiger partial charge in [0.25, 0.3) is 0 Å². The summed E-state index contributed by atoms with van der Waals surface area (Å²) in [6.07, 6.45) is 0. The molecule has 0 bridgehead atoms. The van der Waals surface area contributed by atoms with Gasteiger partial charge in [0.05, 0.1) is 10.7 Å². The molecule has 2 rings (SSSR count). The zero-order chi connectivity index (χ0) is 13.8. The predicted molar refractivity (Wildman–Crippen MR) is 77.6 cm³/mol. The molecular weight excluding hydrogens is 331 g/mol. The van der Waals surface area contributed by atoms with Gasteiger partial charge in [-0.2, -0.15) is 5.26 Å². The van der Waals surface area contributed by atoms with Gasteiger partial charge < -0.3 is 5.32 Å². The molecule has 0 fully saturated rings. The molecule has 0 unspecified atom stereocenters. The molecule has 0 aliphatic rings. The molecule has 0 atom stereocenters. The molecule has 19 heavy (non-hydrogen) atoms. The molecule has 0 aliphatic heterocycles. The van der Waals surface area contributed by atoms with Crippen molar-refractivity contribution < 1.29 is 4.39 Å². The van der Waals surface area contributed by atoms with Crippen LogP contribution in [-0.2, 0) is 6.54 Å². The van der Waals surface area contributed by atoms with Crippen LogP contribution >= 0.6 is 27.5 Å². The molecule has 0 radical (unpaired) electrons. The molecular formula is C14H9BrClFN2.